The lowest BCUT2D eigenvalue weighted by Gasteiger charge is -2.10. The summed E-state index contributed by atoms with van der Waals surface area (Å²) in [7, 11) is 0. The van der Waals surface area contributed by atoms with Crippen LogP contribution in [0.2, 0.25) is 0 Å². The number of carbonyl (C=O) groups is 2. The average molecular weight is 394 g/mol. The third-order valence-electron chi connectivity index (χ3n) is 4.93. The minimum absolute atomic E-state index is 0.139. The number of nitrogens with one attached hydrogen (secondary N) is 1. The predicted octanol–water partition coefficient (Wildman–Crippen LogP) is 4.09. The lowest BCUT2D eigenvalue weighted by Crippen LogP contribution is -2.23. The second kappa shape index (κ2) is 9.87. The minimum atomic E-state index is -0.330. The van der Waals surface area contributed by atoms with Gasteiger partial charge in [-0.05, 0) is 25.3 Å². The summed E-state index contributed by atoms with van der Waals surface area (Å²) in [6, 6.07) is 9.39. The molecule has 2 aromatic rings. The van der Waals surface area contributed by atoms with Crippen LogP contribution in [0, 0.1) is 5.92 Å². The number of nitrogens with zero attached hydrogens (tertiary/aromatic N) is 1. The van der Waals surface area contributed by atoms with Gasteiger partial charge in [-0.2, -0.15) is 0 Å². The van der Waals surface area contributed by atoms with Crippen LogP contribution in [0.4, 0.5) is 0 Å². The number of hydrogen-bond acceptors (Lipinski definition) is 5. The van der Waals surface area contributed by atoms with Crippen LogP contribution in [0.3, 0.4) is 0 Å². The van der Waals surface area contributed by atoms with Gasteiger partial charge in [0.2, 0.25) is 5.76 Å². The summed E-state index contributed by atoms with van der Waals surface area (Å²) in [5.74, 6) is 0.173. The van der Waals surface area contributed by atoms with Crippen LogP contribution in [-0.2, 0) is 16.0 Å². The Bertz CT molecular complexity index is 912. The van der Waals surface area contributed by atoms with Crippen molar-refractivity contribution < 1.29 is 18.7 Å². The first-order valence-corrected chi connectivity index (χ1v) is 9.85. The molecule has 0 fully saturated rings. The van der Waals surface area contributed by atoms with E-state index >= 15 is 0 Å². The number of ether oxygens (including phenoxy) is 1. The van der Waals surface area contributed by atoms with Gasteiger partial charge in [-0.15, -0.1) is 0 Å². The Morgan fingerprint density at radius 2 is 1.90 bits per heavy atom. The highest BCUT2D eigenvalue weighted by Crippen LogP contribution is 2.24. The fourth-order valence-electron chi connectivity index (χ4n) is 2.97. The highest BCUT2D eigenvalue weighted by molar-refractivity contribution is 5.97. The summed E-state index contributed by atoms with van der Waals surface area (Å²) in [6.45, 7) is 4.80. The van der Waals surface area contributed by atoms with Crippen molar-refractivity contribution in [3.63, 3.8) is 0 Å². The second-order valence-electron chi connectivity index (χ2n) is 7.10. The van der Waals surface area contributed by atoms with Crippen LogP contribution in [-0.4, -0.2) is 30.0 Å². The van der Waals surface area contributed by atoms with Crippen LogP contribution >= 0.6 is 0 Å². The Morgan fingerprint density at radius 3 is 2.69 bits per heavy atom. The van der Waals surface area contributed by atoms with Crippen LogP contribution < -0.4 is 5.32 Å². The molecule has 3 rings (SSSR count). The van der Waals surface area contributed by atoms with Crippen LogP contribution in [0.5, 0.6) is 0 Å². The molecule has 0 spiro atoms. The first-order chi connectivity index (χ1) is 14.0. The molecule has 1 aromatic carbocycles. The molecule has 6 heteroatoms. The van der Waals surface area contributed by atoms with E-state index in [1.54, 1.807) is 0 Å². The zero-order valence-electron chi connectivity index (χ0n) is 16.8. The number of esters is 1. The molecule has 2 heterocycles. The number of aryl methyl sites for hydroxylation is 1. The van der Waals surface area contributed by atoms with Crippen molar-refractivity contribution in [1.29, 1.82) is 0 Å². The van der Waals surface area contributed by atoms with E-state index in [2.05, 4.69) is 17.2 Å². The molecule has 1 N–H and O–H groups in total. The van der Waals surface area contributed by atoms with Crippen LogP contribution in [0.1, 0.15) is 43.1 Å². The van der Waals surface area contributed by atoms with Gasteiger partial charge in [0.1, 0.15) is 12.3 Å². The Morgan fingerprint density at radius 1 is 1.10 bits per heavy atom. The Balaban J connectivity index is 1.85. The quantitative estimate of drug-likeness (QED) is 0.582. The highest BCUT2D eigenvalue weighted by Gasteiger charge is 2.21. The molecule has 1 unspecified atom stereocenters. The maximum absolute atomic E-state index is 12.7. The fraction of sp³-hybridized carbons (Fsp3) is 0.348. The summed E-state index contributed by atoms with van der Waals surface area (Å²) in [6.07, 6.45) is 7.15. The number of amides is 1. The molecule has 1 atom stereocenters. The molecular weight excluding hydrogens is 368 g/mol. The summed E-state index contributed by atoms with van der Waals surface area (Å²) in [5, 5.41) is 2.85. The lowest BCUT2D eigenvalue weighted by atomic mass is 9.98. The molecule has 1 aliphatic heterocycles. The van der Waals surface area contributed by atoms with E-state index in [4.69, 9.17) is 9.15 Å². The van der Waals surface area contributed by atoms with Gasteiger partial charge in [0.05, 0.1) is 6.42 Å². The summed E-state index contributed by atoms with van der Waals surface area (Å²) in [4.78, 5) is 29.2. The number of cyclic esters (lactones) is 1. The average Bonchev–Trinajstić information content (AvgIpc) is 3.16. The Hall–Kier alpha value is -3.15. The first kappa shape index (κ1) is 20.6. The summed E-state index contributed by atoms with van der Waals surface area (Å²) < 4.78 is 11.0. The van der Waals surface area contributed by atoms with Gasteiger partial charge >= 0.3 is 5.97 Å². The molecule has 0 aliphatic carbocycles. The molecule has 0 radical (unpaired) electrons. The van der Waals surface area contributed by atoms with E-state index in [0.29, 0.717) is 24.0 Å². The molecule has 0 saturated heterocycles. The van der Waals surface area contributed by atoms with Gasteiger partial charge in [-0.25, -0.2) is 4.98 Å². The van der Waals surface area contributed by atoms with Crippen molar-refractivity contribution in [2.75, 3.05) is 13.2 Å². The number of allylic oxidation sites excluding steroid dienone is 2. The maximum atomic E-state index is 12.7. The van der Waals surface area contributed by atoms with Gasteiger partial charge in [0.25, 0.3) is 5.91 Å². The van der Waals surface area contributed by atoms with Gasteiger partial charge in [0, 0.05) is 18.5 Å². The SMILES string of the molecule is C/C1=C/COC(=O)CCc2nc(-c3ccccc3)c(o2)C(=O)NC/C=C/CC1C. The Labute approximate surface area is 170 Å². The number of hydrogen-bond donors (Lipinski definition) is 1. The van der Waals surface area contributed by atoms with Crippen LogP contribution in [0.15, 0.2) is 58.6 Å². The van der Waals surface area contributed by atoms with E-state index in [9.17, 15) is 9.59 Å². The highest BCUT2D eigenvalue weighted by atomic mass is 16.5. The van der Waals surface area contributed by atoms with Crippen molar-refractivity contribution in [3.05, 3.63) is 65.8 Å². The van der Waals surface area contributed by atoms with Crippen molar-refractivity contribution in [2.45, 2.75) is 33.1 Å². The maximum Gasteiger partial charge on any atom is 0.306 e. The minimum Gasteiger partial charge on any atom is -0.461 e. The van der Waals surface area contributed by atoms with E-state index in [1.165, 1.54) is 5.57 Å². The monoisotopic (exact) mass is 394 g/mol. The zero-order valence-corrected chi connectivity index (χ0v) is 16.8. The molecule has 1 aliphatic rings. The van der Waals surface area contributed by atoms with Crippen molar-refractivity contribution in [2.24, 2.45) is 5.92 Å². The van der Waals surface area contributed by atoms with E-state index in [-0.39, 0.29) is 37.1 Å². The standard InChI is InChI=1S/C23H26N2O4/c1-16-8-6-7-14-24-23(27)22-21(18-9-4-3-5-10-18)25-19(29-22)11-12-20(26)28-15-13-17(16)2/h3-7,9-10,13,16H,8,11-12,14-15H2,1-2H3,(H,24,27)/b7-6+,17-13-. The molecule has 152 valence electrons. The topological polar surface area (TPSA) is 81.4 Å². The number of fused-ring (bicyclic) bond motifs is 2. The summed E-state index contributed by atoms with van der Waals surface area (Å²) >= 11 is 0. The van der Waals surface area contributed by atoms with E-state index in [0.717, 1.165) is 12.0 Å². The molecule has 0 saturated carbocycles. The summed E-state index contributed by atoms with van der Waals surface area (Å²) in [5.41, 5.74) is 2.43. The number of rotatable bonds is 1. The van der Waals surface area contributed by atoms with E-state index in [1.807, 2.05) is 55.5 Å². The molecule has 2 bridgehead atoms. The normalized spacial score (nSPS) is 22.0. The van der Waals surface area contributed by atoms with Gasteiger partial charge in [-0.1, -0.05) is 55.0 Å². The second-order valence-corrected chi connectivity index (χ2v) is 7.10. The van der Waals surface area contributed by atoms with Crippen molar-refractivity contribution in [1.82, 2.24) is 10.3 Å². The van der Waals surface area contributed by atoms with Crippen molar-refractivity contribution in [3.8, 4) is 11.3 Å². The number of benzene rings is 1. The Kier molecular flexibility index (Phi) is 7.00. The largest absolute Gasteiger partial charge is 0.461 e. The zero-order chi connectivity index (χ0) is 20.6. The third-order valence-corrected chi connectivity index (χ3v) is 4.93. The lowest BCUT2D eigenvalue weighted by molar-refractivity contribution is -0.142. The van der Waals surface area contributed by atoms with Gasteiger partial charge in [-0.3, -0.25) is 9.59 Å². The third kappa shape index (κ3) is 5.67. The molecule has 1 amide bonds. The molecular formula is C23H26N2O4. The molecule has 6 nitrogen and oxygen atoms in total. The number of aromatic nitrogens is 1. The molecule has 29 heavy (non-hydrogen) atoms. The van der Waals surface area contributed by atoms with Crippen LogP contribution in [0.25, 0.3) is 11.3 Å². The fourth-order valence-corrected chi connectivity index (χ4v) is 2.97. The van der Waals surface area contributed by atoms with Gasteiger partial charge < -0.3 is 14.5 Å². The smallest absolute Gasteiger partial charge is 0.306 e. The molecule has 1 aromatic heterocycles. The van der Waals surface area contributed by atoms with E-state index < -0.39 is 0 Å². The number of carbonyl (C=O) groups excluding carboxylic acids is 2. The van der Waals surface area contributed by atoms with Crippen molar-refractivity contribution >= 4 is 11.9 Å². The number of oxazole rings is 1. The predicted molar refractivity (Wildman–Crippen MR) is 110 cm³/mol. The van der Waals surface area contributed by atoms with Gasteiger partial charge in [0.15, 0.2) is 5.89 Å². The first-order valence-electron chi connectivity index (χ1n) is 9.85.